The molecule has 2 aliphatic carbocycles. The summed E-state index contributed by atoms with van der Waals surface area (Å²) < 4.78 is 0. The largest absolute Gasteiger partial charge is 0.481 e. The molecule has 1 aromatic carbocycles. The van der Waals surface area contributed by atoms with Gasteiger partial charge in [0, 0.05) is 24.9 Å². The molecule has 0 spiro atoms. The molecule has 120 valence electrons. The van der Waals surface area contributed by atoms with Gasteiger partial charge in [-0.05, 0) is 30.2 Å². The van der Waals surface area contributed by atoms with Gasteiger partial charge < -0.3 is 10.0 Å². The highest BCUT2D eigenvalue weighted by Gasteiger charge is 2.46. The van der Waals surface area contributed by atoms with E-state index in [2.05, 4.69) is 12.2 Å². The first kappa shape index (κ1) is 14.5. The number of hydrogen-bond acceptors (Lipinski definition) is 2. The number of carbonyl (C=O) groups excluding carboxylic acids is 1. The third-order valence-electron chi connectivity index (χ3n) is 5.77. The zero-order valence-corrected chi connectivity index (χ0v) is 13.0. The number of rotatable bonds is 3. The van der Waals surface area contributed by atoms with Crippen LogP contribution in [0.5, 0.6) is 0 Å². The van der Waals surface area contributed by atoms with Crippen LogP contribution in [0, 0.1) is 23.7 Å². The Morgan fingerprint density at radius 2 is 1.78 bits per heavy atom. The van der Waals surface area contributed by atoms with Crippen LogP contribution in [0.15, 0.2) is 42.5 Å². The van der Waals surface area contributed by atoms with Gasteiger partial charge in [-0.3, -0.25) is 9.59 Å². The molecule has 1 N–H and O–H groups in total. The van der Waals surface area contributed by atoms with Crippen LogP contribution in [0.3, 0.4) is 0 Å². The Kier molecular flexibility index (Phi) is 3.47. The smallest absolute Gasteiger partial charge is 0.308 e. The van der Waals surface area contributed by atoms with Crippen LogP contribution in [0.2, 0.25) is 0 Å². The maximum Gasteiger partial charge on any atom is 0.308 e. The molecule has 4 heteroatoms. The summed E-state index contributed by atoms with van der Waals surface area (Å²) in [4.78, 5) is 26.3. The molecular formula is C19H21NO3. The number of benzene rings is 1. The number of carboxylic acids is 1. The number of carboxylic acid groups (broad SMARTS) is 1. The lowest BCUT2D eigenvalue weighted by atomic mass is 9.89. The second-order valence-electron chi connectivity index (χ2n) is 7.09. The highest BCUT2D eigenvalue weighted by molar-refractivity contribution is 5.82. The molecule has 4 nitrogen and oxygen atoms in total. The zero-order valence-electron chi connectivity index (χ0n) is 13.0. The van der Waals surface area contributed by atoms with Crippen LogP contribution in [0.25, 0.3) is 0 Å². The minimum absolute atomic E-state index is 0.0639. The normalized spacial score (nSPS) is 35.0. The highest BCUT2D eigenvalue weighted by Crippen LogP contribution is 2.45. The van der Waals surface area contributed by atoms with Gasteiger partial charge in [-0.25, -0.2) is 0 Å². The molecule has 1 saturated heterocycles. The molecule has 2 bridgehead atoms. The monoisotopic (exact) mass is 311 g/mol. The lowest BCUT2D eigenvalue weighted by molar-refractivity contribution is -0.142. The van der Waals surface area contributed by atoms with Crippen molar-refractivity contribution in [3.8, 4) is 0 Å². The molecule has 0 radical (unpaired) electrons. The molecule has 1 aromatic rings. The summed E-state index contributed by atoms with van der Waals surface area (Å²) in [5, 5.41) is 9.57. The molecular weight excluding hydrogens is 290 g/mol. The molecule has 3 aliphatic rings. The SMILES string of the molecule is O=C(O)C1CN(C(=O)C2CC3C=CC2C3)CC1c1ccccc1. The van der Waals surface area contributed by atoms with Crippen LogP contribution >= 0.6 is 0 Å². The summed E-state index contributed by atoms with van der Waals surface area (Å²) >= 11 is 0. The standard InChI is InChI=1S/C19H21NO3/c21-18(15-9-12-6-7-14(15)8-12)20-10-16(17(11-20)19(22)23)13-4-2-1-3-5-13/h1-7,12,14-17H,8-11H2,(H,22,23). The molecule has 5 atom stereocenters. The Hall–Kier alpha value is -2.10. The molecule has 0 aromatic heterocycles. The van der Waals surface area contributed by atoms with Crippen LogP contribution in [-0.4, -0.2) is 35.0 Å². The molecule has 23 heavy (non-hydrogen) atoms. The number of fused-ring (bicyclic) bond motifs is 2. The number of allylic oxidation sites excluding steroid dienone is 2. The predicted octanol–water partition coefficient (Wildman–Crippen LogP) is 2.53. The molecule has 5 unspecified atom stereocenters. The van der Waals surface area contributed by atoms with Gasteiger partial charge in [0.2, 0.25) is 5.91 Å². The first-order valence-corrected chi connectivity index (χ1v) is 8.38. The van der Waals surface area contributed by atoms with Crippen molar-refractivity contribution in [3.05, 3.63) is 48.0 Å². The van der Waals surface area contributed by atoms with E-state index in [0.29, 0.717) is 24.9 Å². The van der Waals surface area contributed by atoms with E-state index in [1.807, 2.05) is 30.3 Å². The van der Waals surface area contributed by atoms with Crippen LogP contribution in [0.4, 0.5) is 0 Å². The van der Waals surface area contributed by atoms with Crippen LogP contribution < -0.4 is 0 Å². The quantitative estimate of drug-likeness (QED) is 0.873. The number of hydrogen-bond donors (Lipinski definition) is 1. The van der Waals surface area contributed by atoms with Crippen molar-refractivity contribution in [1.82, 2.24) is 4.90 Å². The summed E-state index contributed by atoms with van der Waals surface area (Å²) in [5.41, 5.74) is 1.02. The Morgan fingerprint density at radius 3 is 2.39 bits per heavy atom. The zero-order chi connectivity index (χ0) is 16.0. The van der Waals surface area contributed by atoms with Gasteiger partial charge in [0.15, 0.2) is 0 Å². The summed E-state index contributed by atoms with van der Waals surface area (Å²) in [6.07, 6.45) is 6.43. The maximum absolute atomic E-state index is 12.9. The van der Waals surface area contributed by atoms with Crippen molar-refractivity contribution in [2.24, 2.45) is 23.7 Å². The summed E-state index contributed by atoms with van der Waals surface area (Å²) in [7, 11) is 0. The average Bonchev–Trinajstić information content (AvgIpc) is 3.29. The summed E-state index contributed by atoms with van der Waals surface area (Å²) in [6, 6.07) is 9.72. The van der Waals surface area contributed by atoms with Gasteiger partial charge in [0.1, 0.15) is 0 Å². The molecule has 1 amide bonds. The van der Waals surface area contributed by atoms with E-state index in [-0.39, 0.29) is 17.7 Å². The van der Waals surface area contributed by atoms with Gasteiger partial charge in [0.05, 0.1) is 5.92 Å². The summed E-state index contributed by atoms with van der Waals surface area (Å²) in [5.74, 6) is -0.270. The predicted molar refractivity (Wildman–Crippen MR) is 85.7 cm³/mol. The number of likely N-dealkylation sites (tertiary alicyclic amines) is 1. The van der Waals surface area contributed by atoms with Crippen LogP contribution in [0.1, 0.15) is 24.3 Å². The third kappa shape index (κ3) is 2.46. The Morgan fingerprint density at radius 1 is 1.00 bits per heavy atom. The van der Waals surface area contributed by atoms with Gasteiger partial charge in [0.25, 0.3) is 0 Å². The number of carbonyl (C=O) groups is 2. The average molecular weight is 311 g/mol. The van der Waals surface area contributed by atoms with Crippen molar-refractivity contribution >= 4 is 11.9 Å². The maximum atomic E-state index is 12.9. The van der Waals surface area contributed by atoms with Gasteiger partial charge in [-0.15, -0.1) is 0 Å². The molecule has 1 saturated carbocycles. The molecule has 1 aliphatic heterocycles. The van der Waals surface area contributed by atoms with E-state index >= 15 is 0 Å². The molecule has 4 rings (SSSR count). The Balaban J connectivity index is 1.54. The fourth-order valence-electron chi connectivity index (χ4n) is 4.57. The van der Waals surface area contributed by atoms with Crippen LogP contribution in [-0.2, 0) is 9.59 Å². The topological polar surface area (TPSA) is 57.6 Å². The number of amides is 1. The Bertz CT molecular complexity index is 654. The number of nitrogens with zero attached hydrogens (tertiary/aromatic N) is 1. The van der Waals surface area contributed by atoms with E-state index in [0.717, 1.165) is 18.4 Å². The lowest BCUT2D eigenvalue weighted by Gasteiger charge is -2.24. The van der Waals surface area contributed by atoms with Crippen molar-refractivity contribution in [2.45, 2.75) is 18.8 Å². The van der Waals surface area contributed by atoms with Crippen molar-refractivity contribution in [1.29, 1.82) is 0 Å². The van der Waals surface area contributed by atoms with Crippen molar-refractivity contribution in [3.63, 3.8) is 0 Å². The van der Waals surface area contributed by atoms with Crippen molar-refractivity contribution < 1.29 is 14.7 Å². The van der Waals surface area contributed by atoms with E-state index < -0.39 is 11.9 Å². The minimum Gasteiger partial charge on any atom is -0.481 e. The van der Waals surface area contributed by atoms with Crippen molar-refractivity contribution in [2.75, 3.05) is 13.1 Å². The van der Waals surface area contributed by atoms with E-state index in [4.69, 9.17) is 0 Å². The lowest BCUT2D eigenvalue weighted by Crippen LogP contribution is -2.36. The second-order valence-corrected chi connectivity index (χ2v) is 7.09. The fraction of sp³-hybridized carbons (Fsp3) is 0.474. The first-order valence-electron chi connectivity index (χ1n) is 8.38. The molecule has 2 fully saturated rings. The highest BCUT2D eigenvalue weighted by atomic mass is 16.4. The third-order valence-corrected chi connectivity index (χ3v) is 5.77. The van der Waals surface area contributed by atoms with E-state index in [1.165, 1.54) is 0 Å². The second kappa shape index (κ2) is 5.52. The summed E-state index contributed by atoms with van der Waals surface area (Å²) in [6.45, 7) is 0.864. The van der Waals surface area contributed by atoms with E-state index in [9.17, 15) is 14.7 Å². The van der Waals surface area contributed by atoms with E-state index in [1.54, 1.807) is 4.90 Å². The fourth-order valence-corrected chi connectivity index (χ4v) is 4.57. The Labute approximate surface area is 135 Å². The van der Waals surface area contributed by atoms with Gasteiger partial charge in [-0.2, -0.15) is 0 Å². The molecule has 1 heterocycles. The minimum atomic E-state index is -0.804. The van der Waals surface area contributed by atoms with Gasteiger partial charge in [-0.1, -0.05) is 42.5 Å². The first-order chi connectivity index (χ1) is 11.1. The number of aliphatic carboxylic acids is 1. The van der Waals surface area contributed by atoms with Gasteiger partial charge >= 0.3 is 5.97 Å².